The van der Waals surface area contributed by atoms with Gasteiger partial charge in [-0.05, 0) is 12.8 Å². The predicted molar refractivity (Wildman–Crippen MR) is 68.2 cm³/mol. The second-order valence-electron chi connectivity index (χ2n) is 4.55. The zero-order chi connectivity index (χ0) is 15.3. The van der Waals surface area contributed by atoms with Gasteiger partial charge in [0.25, 0.3) is 10.1 Å². The normalized spacial score (nSPS) is 18.4. The second kappa shape index (κ2) is 6.89. The van der Waals surface area contributed by atoms with Crippen LogP contribution in [-0.4, -0.2) is 57.1 Å². The van der Waals surface area contributed by atoms with Crippen molar-refractivity contribution in [1.29, 1.82) is 0 Å². The van der Waals surface area contributed by atoms with E-state index >= 15 is 0 Å². The molecule has 1 rings (SSSR count). The van der Waals surface area contributed by atoms with E-state index in [-0.39, 0.29) is 0 Å². The van der Waals surface area contributed by atoms with Crippen LogP contribution in [0.3, 0.4) is 0 Å². The minimum Gasteiger partial charge on any atom is -0.426 e. The molecule has 1 aliphatic rings. The first-order valence-electron chi connectivity index (χ1n) is 6.18. The summed E-state index contributed by atoms with van der Waals surface area (Å²) in [6.07, 6.45) is -0.163. The first-order valence-corrected chi connectivity index (χ1v) is 8.00. The number of ether oxygens (including phenoxy) is 2. The Balaban J connectivity index is 2.37. The van der Waals surface area contributed by atoms with Crippen LogP contribution in [-0.2, 0) is 28.6 Å². The van der Waals surface area contributed by atoms with Crippen molar-refractivity contribution in [3.63, 3.8) is 0 Å². The van der Waals surface area contributed by atoms with Crippen LogP contribution in [0.1, 0.15) is 26.7 Å². The monoisotopic (exact) mass is 309 g/mol. The SMILES string of the molecule is CC(=O)OC(C)OC(=O)N1CCC(OS(C)(=O)=O)CC1. The fourth-order valence-electron chi connectivity index (χ4n) is 1.86. The molecule has 0 N–H and O–H groups in total. The maximum Gasteiger partial charge on any atom is 0.412 e. The summed E-state index contributed by atoms with van der Waals surface area (Å²) >= 11 is 0. The molecule has 0 aromatic heterocycles. The van der Waals surface area contributed by atoms with E-state index in [1.54, 1.807) is 0 Å². The third-order valence-electron chi connectivity index (χ3n) is 2.61. The van der Waals surface area contributed by atoms with Crippen molar-refractivity contribution < 1.29 is 31.7 Å². The summed E-state index contributed by atoms with van der Waals surface area (Å²) in [6.45, 7) is 3.31. The Morgan fingerprint density at radius 2 is 1.75 bits per heavy atom. The molecule has 0 saturated carbocycles. The van der Waals surface area contributed by atoms with Crippen LogP contribution >= 0.6 is 0 Å². The third kappa shape index (κ3) is 6.20. The molecule has 0 radical (unpaired) electrons. The van der Waals surface area contributed by atoms with Crippen molar-refractivity contribution in [3.8, 4) is 0 Å². The van der Waals surface area contributed by atoms with Crippen LogP contribution in [0.15, 0.2) is 0 Å². The van der Waals surface area contributed by atoms with Gasteiger partial charge in [0.1, 0.15) is 0 Å². The Bertz CT molecular complexity index is 453. The lowest BCUT2D eigenvalue weighted by Gasteiger charge is -2.31. The van der Waals surface area contributed by atoms with Gasteiger partial charge in [-0.2, -0.15) is 8.42 Å². The molecule has 0 bridgehead atoms. The van der Waals surface area contributed by atoms with Gasteiger partial charge >= 0.3 is 12.1 Å². The number of nitrogens with zero attached hydrogens (tertiary/aromatic N) is 1. The number of amides is 1. The van der Waals surface area contributed by atoms with Gasteiger partial charge in [0.05, 0.1) is 12.4 Å². The molecule has 1 unspecified atom stereocenters. The van der Waals surface area contributed by atoms with Crippen molar-refractivity contribution in [1.82, 2.24) is 4.90 Å². The van der Waals surface area contributed by atoms with E-state index in [4.69, 9.17) is 8.92 Å². The van der Waals surface area contributed by atoms with Gasteiger partial charge in [-0.3, -0.25) is 8.98 Å². The first kappa shape index (κ1) is 16.7. The molecule has 1 amide bonds. The van der Waals surface area contributed by atoms with Crippen molar-refractivity contribution in [2.24, 2.45) is 0 Å². The van der Waals surface area contributed by atoms with Crippen LogP contribution in [0.5, 0.6) is 0 Å². The van der Waals surface area contributed by atoms with Crippen molar-refractivity contribution >= 4 is 22.2 Å². The highest BCUT2D eigenvalue weighted by molar-refractivity contribution is 7.86. The van der Waals surface area contributed by atoms with Crippen LogP contribution in [0.4, 0.5) is 4.79 Å². The molecule has 1 saturated heterocycles. The first-order chi connectivity index (χ1) is 9.17. The van der Waals surface area contributed by atoms with E-state index < -0.39 is 34.6 Å². The van der Waals surface area contributed by atoms with Crippen molar-refractivity contribution in [2.45, 2.75) is 39.1 Å². The van der Waals surface area contributed by atoms with E-state index in [9.17, 15) is 18.0 Å². The molecule has 1 heterocycles. The van der Waals surface area contributed by atoms with Gasteiger partial charge in [0, 0.05) is 26.9 Å². The quantitative estimate of drug-likeness (QED) is 0.423. The molecule has 116 valence electrons. The predicted octanol–water partition coefficient (Wildman–Crippen LogP) is 0.473. The number of esters is 1. The molecule has 8 nitrogen and oxygen atoms in total. The van der Waals surface area contributed by atoms with E-state index in [0.29, 0.717) is 25.9 Å². The van der Waals surface area contributed by atoms with Gasteiger partial charge in [-0.25, -0.2) is 4.79 Å². The Labute approximate surface area is 118 Å². The van der Waals surface area contributed by atoms with Crippen LogP contribution < -0.4 is 0 Å². The largest absolute Gasteiger partial charge is 0.426 e. The molecule has 1 aliphatic heterocycles. The molecule has 0 spiro atoms. The third-order valence-corrected chi connectivity index (χ3v) is 3.23. The summed E-state index contributed by atoms with van der Waals surface area (Å²) in [5.74, 6) is -0.537. The fraction of sp³-hybridized carbons (Fsp3) is 0.818. The highest BCUT2D eigenvalue weighted by Gasteiger charge is 2.27. The molecule has 0 aromatic rings. The van der Waals surface area contributed by atoms with Gasteiger partial charge in [0.15, 0.2) is 0 Å². The zero-order valence-corrected chi connectivity index (χ0v) is 12.5. The molecule has 1 fully saturated rings. The molecule has 20 heavy (non-hydrogen) atoms. The maximum absolute atomic E-state index is 11.7. The second-order valence-corrected chi connectivity index (χ2v) is 6.15. The average Bonchev–Trinajstić information content (AvgIpc) is 2.26. The summed E-state index contributed by atoms with van der Waals surface area (Å²) in [5, 5.41) is 0. The lowest BCUT2D eigenvalue weighted by Crippen LogP contribution is -2.42. The maximum atomic E-state index is 11.7. The topological polar surface area (TPSA) is 99.2 Å². The van der Waals surface area contributed by atoms with Crippen LogP contribution in [0.25, 0.3) is 0 Å². The molecular weight excluding hydrogens is 290 g/mol. The summed E-state index contributed by atoms with van der Waals surface area (Å²) in [7, 11) is -3.49. The smallest absolute Gasteiger partial charge is 0.412 e. The van der Waals surface area contributed by atoms with Gasteiger partial charge < -0.3 is 14.4 Å². The number of hydrogen-bond donors (Lipinski definition) is 0. The number of carbonyl (C=O) groups is 2. The number of carbonyl (C=O) groups excluding carboxylic acids is 2. The Hall–Kier alpha value is -1.35. The van der Waals surface area contributed by atoms with Gasteiger partial charge in [-0.15, -0.1) is 0 Å². The summed E-state index contributed by atoms with van der Waals surface area (Å²) < 4.78 is 36.4. The number of piperidine rings is 1. The fourth-order valence-corrected chi connectivity index (χ4v) is 2.54. The number of rotatable bonds is 4. The minimum absolute atomic E-state index is 0.325. The molecule has 0 aliphatic carbocycles. The Kier molecular flexibility index (Phi) is 5.75. The molecule has 1 atom stereocenters. The van der Waals surface area contributed by atoms with Gasteiger partial charge in [0.2, 0.25) is 6.29 Å². The van der Waals surface area contributed by atoms with E-state index in [1.165, 1.54) is 18.7 Å². The lowest BCUT2D eigenvalue weighted by atomic mass is 10.1. The van der Waals surface area contributed by atoms with Crippen molar-refractivity contribution in [2.75, 3.05) is 19.3 Å². The summed E-state index contributed by atoms with van der Waals surface area (Å²) in [4.78, 5) is 23.8. The van der Waals surface area contributed by atoms with Crippen molar-refractivity contribution in [3.05, 3.63) is 0 Å². The summed E-state index contributed by atoms with van der Waals surface area (Å²) in [6, 6.07) is 0. The number of likely N-dealkylation sites (tertiary alicyclic amines) is 1. The van der Waals surface area contributed by atoms with E-state index in [2.05, 4.69) is 4.74 Å². The molecule has 9 heteroatoms. The zero-order valence-electron chi connectivity index (χ0n) is 11.7. The van der Waals surface area contributed by atoms with Gasteiger partial charge in [-0.1, -0.05) is 0 Å². The highest BCUT2D eigenvalue weighted by Crippen LogP contribution is 2.16. The Morgan fingerprint density at radius 3 is 2.20 bits per heavy atom. The van der Waals surface area contributed by atoms with Crippen LogP contribution in [0.2, 0.25) is 0 Å². The summed E-state index contributed by atoms with van der Waals surface area (Å²) in [5.41, 5.74) is 0. The standard InChI is InChI=1S/C11H19NO7S/c1-8(13)17-9(2)18-11(14)12-6-4-10(5-7-12)19-20(3,15)16/h9-10H,4-7H2,1-3H3. The van der Waals surface area contributed by atoms with Crippen LogP contribution in [0, 0.1) is 0 Å². The highest BCUT2D eigenvalue weighted by atomic mass is 32.2. The lowest BCUT2D eigenvalue weighted by molar-refractivity contribution is -0.163. The Morgan fingerprint density at radius 1 is 1.20 bits per heavy atom. The number of hydrogen-bond acceptors (Lipinski definition) is 7. The molecule has 0 aromatic carbocycles. The average molecular weight is 309 g/mol. The van der Waals surface area contributed by atoms with E-state index in [1.807, 2.05) is 0 Å². The molecular formula is C11H19NO7S. The van der Waals surface area contributed by atoms with E-state index in [0.717, 1.165) is 6.26 Å². The minimum atomic E-state index is -3.49.